The molecule has 0 aliphatic carbocycles. The van der Waals surface area contributed by atoms with Crippen LogP contribution in [0.2, 0.25) is 5.02 Å². The predicted octanol–water partition coefficient (Wildman–Crippen LogP) is 3.74. The quantitative estimate of drug-likeness (QED) is 0.665. The van der Waals surface area contributed by atoms with Crippen molar-refractivity contribution in [1.82, 2.24) is 0 Å². The number of nitrogens with two attached hydrogens (primary N) is 1. The highest BCUT2D eigenvalue weighted by Gasteiger charge is 2.07. The summed E-state index contributed by atoms with van der Waals surface area (Å²) in [5, 5.41) is 12.5. The molecule has 0 amide bonds. The summed E-state index contributed by atoms with van der Waals surface area (Å²) in [4.78, 5) is 11.3. The van der Waals surface area contributed by atoms with E-state index >= 15 is 0 Å². The molecular weight excluding hydrogens is 274 g/mol. The maximum atomic E-state index is 11.3. The van der Waals surface area contributed by atoms with Crippen molar-refractivity contribution in [3.8, 4) is 6.07 Å². The first-order chi connectivity index (χ1) is 9.51. The molecule has 20 heavy (non-hydrogen) atoms. The van der Waals surface area contributed by atoms with Gasteiger partial charge in [-0.1, -0.05) is 11.6 Å². The Labute approximate surface area is 121 Å². The van der Waals surface area contributed by atoms with Crippen LogP contribution >= 0.6 is 11.6 Å². The van der Waals surface area contributed by atoms with Crippen LogP contribution in [0, 0.1) is 11.3 Å². The van der Waals surface area contributed by atoms with Gasteiger partial charge in [0.2, 0.25) is 0 Å². The molecular formula is C15H12ClN3O. The zero-order chi connectivity index (χ0) is 14.7. The van der Waals surface area contributed by atoms with Crippen molar-refractivity contribution in [3.63, 3.8) is 0 Å². The van der Waals surface area contributed by atoms with Gasteiger partial charge in [0.05, 0.1) is 22.3 Å². The lowest BCUT2D eigenvalue weighted by atomic mass is 10.1. The monoisotopic (exact) mass is 285 g/mol. The fourth-order valence-corrected chi connectivity index (χ4v) is 1.97. The van der Waals surface area contributed by atoms with Crippen LogP contribution in [0.25, 0.3) is 0 Å². The molecule has 5 heteroatoms. The molecule has 0 fully saturated rings. The lowest BCUT2D eigenvalue weighted by molar-refractivity contribution is 0.101. The van der Waals surface area contributed by atoms with Gasteiger partial charge in [-0.2, -0.15) is 5.26 Å². The molecule has 0 aliphatic heterocycles. The number of halogens is 1. The third-order valence-electron chi connectivity index (χ3n) is 2.81. The molecule has 0 bridgehead atoms. The Balaban J connectivity index is 2.33. The first-order valence-corrected chi connectivity index (χ1v) is 6.26. The van der Waals surface area contributed by atoms with Crippen LogP contribution in [-0.4, -0.2) is 5.78 Å². The fraction of sp³-hybridized carbons (Fsp3) is 0.0667. The van der Waals surface area contributed by atoms with E-state index in [1.165, 1.54) is 6.92 Å². The first-order valence-electron chi connectivity index (χ1n) is 5.88. The zero-order valence-electron chi connectivity index (χ0n) is 10.8. The second-order valence-corrected chi connectivity index (χ2v) is 4.70. The maximum absolute atomic E-state index is 11.3. The Morgan fingerprint density at radius 3 is 2.65 bits per heavy atom. The Morgan fingerprint density at radius 1 is 1.30 bits per heavy atom. The highest BCUT2D eigenvalue weighted by atomic mass is 35.5. The van der Waals surface area contributed by atoms with Gasteiger partial charge >= 0.3 is 0 Å². The van der Waals surface area contributed by atoms with Gasteiger partial charge in [-0.25, -0.2) is 0 Å². The number of nitrogens with zero attached hydrogens (tertiary/aromatic N) is 1. The van der Waals surface area contributed by atoms with E-state index in [1.54, 1.807) is 36.4 Å². The van der Waals surface area contributed by atoms with Crippen molar-refractivity contribution in [1.29, 1.82) is 5.26 Å². The molecule has 100 valence electrons. The molecule has 0 saturated heterocycles. The largest absolute Gasteiger partial charge is 0.398 e. The minimum atomic E-state index is -0.0847. The number of nitrogen functional groups attached to an aromatic ring is 1. The van der Waals surface area contributed by atoms with Crippen LogP contribution < -0.4 is 11.1 Å². The van der Waals surface area contributed by atoms with Gasteiger partial charge < -0.3 is 11.1 Å². The zero-order valence-corrected chi connectivity index (χ0v) is 11.5. The molecule has 2 aromatic rings. The number of anilines is 3. The van der Waals surface area contributed by atoms with Gasteiger partial charge in [0.1, 0.15) is 0 Å². The molecule has 0 saturated carbocycles. The summed E-state index contributed by atoms with van der Waals surface area (Å²) in [6.07, 6.45) is 0. The van der Waals surface area contributed by atoms with E-state index in [9.17, 15) is 4.79 Å². The van der Waals surface area contributed by atoms with Crippen LogP contribution in [0.3, 0.4) is 0 Å². The molecule has 0 aromatic heterocycles. The number of benzene rings is 2. The molecule has 0 spiro atoms. The van der Waals surface area contributed by atoms with E-state index in [0.29, 0.717) is 33.2 Å². The summed E-state index contributed by atoms with van der Waals surface area (Å²) in [6, 6.07) is 12.0. The SMILES string of the molecule is CC(=O)c1ccc(Nc2cc(C#N)ccc2Cl)cc1N. The van der Waals surface area contributed by atoms with E-state index < -0.39 is 0 Å². The summed E-state index contributed by atoms with van der Waals surface area (Å²) in [6.45, 7) is 1.46. The van der Waals surface area contributed by atoms with Crippen LogP contribution in [0.1, 0.15) is 22.8 Å². The summed E-state index contributed by atoms with van der Waals surface area (Å²) in [7, 11) is 0. The smallest absolute Gasteiger partial charge is 0.161 e. The van der Waals surface area contributed by atoms with Gasteiger partial charge in [-0.3, -0.25) is 4.79 Å². The van der Waals surface area contributed by atoms with Crippen molar-refractivity contribution >= 4 is 34.4 Å². The summed E-state index contributed by atoms with van der Waals surface area (Å²) < 4.78 is 0. The van der Waals surface area contributed by atoms with Gasteiger partial charge in [-0.05, 0) is 43.3 Å². The minimum Gasteiger partial charge on any atom is -0.398 e. The fourth-order valence-electron chi connectivity index (χ4n) is 1.81. The van der Waals surface area contributed by atoms with Crippen LogP contribution in [-0.2, 0) is 0 Å². The maximum Gasteiger partial charge on any atom is 0.161 e. The Bertz CT molecular complexity index is 720. The number of nitrogens with one attached hydrogen (secondary N) is 1. The number of carbonyl (C=O) groups excluding carboxylic acids is 1. The Hall–Kier alpha value is -2.51. The van der Waals surface area contributed by atoms with E-state index in [2.05, 4.69) is 5.32 Å². The Kier molecular flexibility index (Phi) is 3.92. The summed E-state index contributed by atoms with van der Waals surface area (Å²) >= 11 is 6.07. The molecule has 0 radical (unpaired) electrons. The number of Topliss-reactive ketones (excluding diaryl/α,β-unsaturated/α-hetero) is 1. The lowest BCUT2D eigenvalue weighted by Gasteiger charge is -2.10. The highest BCUT2D eigenvalue weighted by Crippen LogP contribution is 2.28. The molecule has 3 N–H and O–H groups in total. The molecule has 0 unspecified atom stereocenters. The average Bonchev–Trinajstić information content (AvgIpc) is 2.41. The molecule has 4 nitrogen and oxygen atoms in total. The average molecular weight is 286 g/mol. The van der Waals surface area contributed by atoms with E-state index in [4.69, 9.17) is 22.6 Å². The number of carbonyl (C=O) groups is 1. The van der Waals surface area contributed by atoms with Crippen molar-refractivity contribution in [3.05, 3.63) is 52.5 Å². The van der Waals surface area contributed by atoms with Crippen molar-refractivity contribution in [2.24, 2.45) is 0 Å². The van der Waals surface area contributed by atoms with E-state index in [0.717, 1.165) is 0 Å². The first kappa shape index (κ1) is 13.9. The molecule has 2 rings (SSSR count). The normalized spacial score (nSPS) is 9.85. The highest BCUT2D eigenvalue weighted by molar-refractivity contribution is 6.33. The number of nitriles is 1. The van der Waals surface area contributed by atoms with Gasteiger partial charge in [0.25, 0.3) is 0 Å². The van der Waals surface area contributed by atoms with Crippen LogP contribution in [0.5, 0.6) is 0 Å². The predicted molar refractivity (Wildman–Crippen MR) is 80.3 cm³/mol. The number of ketones is 1. The lowest BCUT2D eigenvalue weighted by Crippen LogP contribution is -2.01. The van der Waals surface area contributed by atoms with Gasteiger partial charge in [0.15, 0.2) is 5.78 Å². The van der Waals surface area contributed by atoms with Gasteiger partial charge in [0, 0.05) is 16.9 Å². The van der Waals surface area contributed by atoms with Crippen LogP contribution in [0.4, 0.5) is 17.1 Å². The molecule has 0 atom stereocenters. The third kappa shape index (κ3) is 2.90. The number of rotatable bonds is 3. The topological polar surface area (TPSA) is 78.9 Å². The third-order valence-corrected chi connectivity index (χ3v) is 3.13. The number of hydrogen-bond acceptors (Lipinski definition) is 4. The standard InChI is InChI=1S/C15H12ClN3O/c1-9(20)12-4-3-11(7-14(12)18)19-15-6-10(8-17)2-5-13(15)16/h2-7,19H,18H2,1H3. The van der Waals surface area contributed by atoms with Gasteiger partial charge in [-0.15, -0.1) is 0 Å². The number of hydrogen-bond donors (Lipinski definition) is 2. The summed E-state index contributed by atoms with van der Waals surface area (Å²) in [5.41, 5.74) is 8.52. The van der Waals surface area contributed by atoms with E-state index in [1.807, 2.05) is 6.07 Å². The van der Waals surface area contributed by atoms with Crippen LogP contribution in [0.15, 0.2) is 36.4 Å². The van der Waals surface area contributed by atoms with E-state index in [-0.39, 0.29) is 5.78 Å². The minimum absolute atomic E-state index is 0.0847. The van der Waals surface area contributed by atoms with Crippen molar-refractivity contribution < 1.29 is 4.79 Å². The van der Waals surface area contributed by atoms with Crippen molar-refractivity contribution in [2.75, 3.05) is 11.1 Å². The molecule has 2 aromatic carbocycles. The molecule has 0 heterocycles. The second-order valence-electron chi connectivity index (χ2n) is 4.29. The molecule has 0 aliphatic rings. The second kappa shape index (κ2) is 5.64. The Morgan fingerprint density at radius 2 is 2.05 bits per heavy atom. The summed E-state index contributed by atoms with van der Waals surface area (Å²) in [5.74, 6) is -0.0847. The van der Waals surface area contributed by atoms with Crippen molar-refractivity contribution in [2.45, 2.75) is 6.92 Å².